The molecule has 0 amide bonds. The molecule has 0 spiro atoms. The third-order valence-electron chi connectivity index (χ3n) is 0.549. The van der Waals surface area contributed by atoms with Crippen LogP contribution >= 0.6 is 0 Å². The topological polar surface area (TPSA) is 191 Å². The molecule has 0 aliphatic carbocycles. The van der Waals surface area contributed by atoms with E-state index in [-0.39, 0.29) is 6.61 Å². The third-order valence-corrected chi connectivity index (χ3v) is 0.549. The molecule has 0 aromatic rings. The van der Waals surface area contributed by atoms with Gasteiger partial charge in [0.1, 0.15) is 6.61 Å². The predicted molar refractivity (Wildman–Crippen MR) is 44.4 cm³/mol. The normalized spacial score (nSPS) is 7.31. The minimum Gasteiger partial charge on any atom is -0.328 e. The van der Waals surface area contributed by atoms with Crippen molar-refractivity contribution in [1.29, 1.82) is 0 Å². The van der Waals surface area contributed by atoms with Crippen LogP contribution in [-0.4, -0.2) is 45.9 Å². The fourth-order valence-corrected chi connectivity index (χ4v) is 0.222. The second kappa shape index (κ2) is 15.1. The molecule has 0 bridgehead atoms. The molecule has 0 aliphatic rings. The van der Waals surface area contributed by atoms with Crippen LogP contribution < -0.4 is 5.32 Å². The van der Waals surface area contributed by atoms with Crippen molar-refractivity contribution in [3.05, 3.63) is 30.3 Å². The van der Waals surface area contributed by atoms with Crippen molar-refractivity contribution in [2.45, 2.75) is 0 Å². The van der Waals surface area contributed by atoms with Gasteiger partial charge in [-0.1, -0.05) is 0 Å². The Hall–Kier alpha value is -2.44. The van der Waals surface area contributed by atoms with Gasteiger partial charge in [0.2, 0.25) is 0 Å². The van der Waals surface area contributed by atoms with Gasteiger partial charge in [-0.15, -0.1) is 30.3 Å². The van der Waals surface area contributed by atoms with Gasteiger partial charge in [-0.2, -0.15) is 0 Å². The molecular weight excluding hydrogens is 236 g/mol. The van der Waals surface area contributed by atoms with E-state index in [1.807, 2.05) is 0 Å². The van der Waals surface area contributed by atoms with E-state index in [9.17, 15) is 10.1 Å². The summed E-state index contributed by atoms with van der Waals surface area (Å²) < 4.78 is 0. The molecule has 0 saturated carbocycles. The highest BCUT2D eigenvalue weighted by atomic mass is 16.9. The molecular formula is C3H10N4O9. The predicted octanol–water partition coefficient (Wildman–Crippen LogP) is -1.28. The lowest BCUT2D eigenvalue weighted by Gasteiger charge is -1.94. The number of rotatable bonds is 4. The van der Waals surface area contributed by atoms with Crippen LogP contribution in [0, 0.1) is 30.3 Å². The molecule has 0 unspecified atom stereocenters. The molecule has 0 atom stereocenters. The molecule has 0 rings (SSSR count). The SMILES string of the molecule is CNCCO[N+](=O)[O-].O=[N+]([O-])O.O=[N+]([O-])O. The lowest BCUT2D eigenvalue weighted by Crippen LogP contribution is -2.16. The molecule has 0 aromatic heterocycles. The molecule has 13 heteroatoms. The number of nitrogens with zero attached hydrogens (tertiary/aromatic N) is 3. The van der Waals surface area contributed by atoms with Gasteiger partial charge in [0.25, 0.3) is 15.3 Å². The summed E-state index contributed by atoms with van der Waals surface area (Å²) in [7, 11) is 1.70. The Morgan fingerprint density at radius 2 is 1.44 bits per heavy atom. The Kier molecular flexibility index (Phi) is 18.0. The highest BCUT2D eigenvalue weighted by molar-refractivity contribution is 4.29. The van der Waals surface area contributed by atoms with E-state index in [4.69, 9.17) is 30.6 Å². The summed E-state index contributed by atoms with van der Waals surface area (Å²) in [4.78, 5) is 30.1. The molecule has 13 nitrogen and oxygen atoms in total. The summed E-state index contributed by atoms with van der Waals surface area (Å²) in [6.45, 7) is 0.616. The number of hydrogen-bond donors (Lipinski definition) is 3. The van der Waals surface area contributed by atoms with Gasteiger partial charge >= 0.3 is 0 Å². The van der Waals surface area contributed by atoms with Gasteiger partial charge in [-0.05, 0) is 7.05 Å². The summed E-state index contributed by atoms with van der Waals surface area (Å²) in [5, 5.41) is 38.6. The van der Waals surface area contributed by atoms with E-state index in [1.54, 1.807) is 7.05 Å². The van der Waals surface area contributed by atoms with Crippen molar-refractivity contribution >= 4 is 0 Å². The first-order valence-corrected chi connectivity index (χ1v) is 3.32. The van der Waals surface area contributed by atoms with Crippen molar-refractivity contribution in [1.82, 2.24) is 5.32 Å². The van der Waals surface area contributed by atoms with Crippen molar-refractivity contribution in [2.75, 3.05) is 20.2 Å². The number of likely N-dealkylation sites (N-methyl/N-ethyl adjacent to an activating group) is 1. The maximum absolute atomic E-state index is 9.43. The lowest BCUT2D eigenvalue weighted by molar-refractivity contribution is -0.757. The summed E-state index contributed by atoms with van der Waals surface area (Å²) in [6, 6.07) is 0. The molecule has 0 saturated heterocycles. The quantitative estimate of drug-likeness (QED) is 0.305. The molecule has 0 aromatic carbocycles. The van der Waals surface area contributed by atoms with Gasteiger partial charge in [0.15, 0.2) is 0 Å². The molecule has 16 heavy (non-hydrogen) atoms. The van der Waals surface area contributed by atoms with Gasteiger partial charge in [-0.3, -0.25) is 0 Å². The molecule has 0 radical (unpaired) electrons. The Morgan fingerprint density at radius 1 is 1.12 bits per heavy atom. The van der Waals surface area contributed by atoms with Crippen LogP contribution in [0.25, 0.3) is 0 Å². The van der Waals surface area contributed by atoms with Crippen LogP contribution in [0.1, 0.15) is 0 Å². The first-order chi connectivity index (χ1) is 7.23. The van der Waals surface area contributed by atoms with Crippen LogP contribution in [-0.2, 0) is 4.84 Å². The van der Waals surface area contributed by atoms with Crippen LogP contribution in [0.3, 0.4) is 0 Å². The number of hydrogen-bond acceptors (Lipinski definition) is 8. The molecule has 0 heterocycles. The summed E-state index contributed by atoms with van der Waals surface area (Å²) >= 11 is 0. The van der Waals surface area contributed by atoms with Gasteiger partial charge < -0.3 is 20.6 Å². The minimum atomic E-state index is -1.50. The lowest BCUT2D eigenvalue weighted by atomic mass is 10.7. The summed E-state index contributed by atoms with van der Waals surface area (Å²) in [5.41, 5.74) is 0. The maximum atomic E-state index is 9.43. The van der Waals surface area contributed by atoms with Gasteiger partial charge in [-0.25, -0.2) is 0 Å². The van der Waals surface area contributed by atoms with E-state index in [2.05, 4.69) is 10.2 Å². The Balaban J connectivity index is -0.000000179. The van der Waals surface area contributed by atoms with E-state index in [0.717, 1.165) is 0 Å². The van der Waals surface area contributed by atoms with Crippen molar-refractivity contribution in [3.63, 3.8) is 0 Å². The van der Waals surface area contributed by atoms with Gasteiger partial charge in [0, 0.05) is 6.54 Å². The average molecular weight is 246 g/mol. The van der Waals surface area contributed by atoms with E-state index in [1.165, 1.54) is 0 Å². The van der Waals surface area contributed by atoms with E-state index in [0.29, 0.717) is 6.54 Å². The highest BCUT2D eigenvalue weighted by Crippen LogP contribution is 1.69. The van der Waals surface area contributed by atoms with Crippen LogP contribution in [0.4, 0.5) is 0 Å². The second-order valence-electron chi connectivity index (χ2n) is 1.64. The first kappa shape index (κ1) is 19.2. The molecule has 3 N–H and O–H groups in total. The summed E-state index contributed by atoms with van der Waals surface area (Å²) in [6.07, 6.45) is 0. The van der Waals surface area contributed by atoms with E-state index < -0.39 is 15.3 Å². The zero-order valence-corrected chi connectivity index (χ0v) is 8.01. The second-order valence-corrected chi connectivity index (χ2v) is 1.64. The monoisotopic (exact) mass is 246 g/mol. The molecule has 96 valence electrons. The number of nitrogens with one attached hydrogen (secondary N) is 1. The maximum Gasteiger partial charge on any atom is 0.294 e. The fraction of sp³-hybridized carbons (Fsp3) is 1.00. The van der Waals surface area contributed by atoms with E-state index >= 15 is 0 Å². The van der Waals surface area contributed by atoms with Crippen LogP contribution in [0.2, 0.25) is 0 Å². The fourth-order valence-electron chi connectivity index (χ4n) is 0.222. The van der Waals surface area contributed by atoms with Gasteiger partial charge in [0.05, 0.1) is 0 Å². The largest absolute Gasteiger partial charge is 0.328 e. The first-order valence-electron chi connectivity index (χ1n) is 3.32. The Morgan fingerprint density at radius 3 is 1.62 bits per heavy atom. The average Bonchev–Trinajstić information content (AvgIpc) is 2.01. The van der Waals surface area contributed by atoms with Crippen molar-refractivity contribution in [2.24, 2.45) is 0 Å². The minimum absolute atomic E-state index is 0.115. The standard InChI is InChI=1S/C3H8N2O3.2HNO3/c1-4-2-3-8-5(6)7;2*2-1(3)4/h4H,2-3H2,1H3;2*(H,2,3,4). The highest BCUT2D eigenvalue weighted by Gasteiger charge is 1.89. The zero-order chi connectivity index (χ0) is 13.6. The molecule has 0 aliphatic heterocycles. The smallest absolute Gasteiger partial charge is 0.294 e. The zero-order valence-electron chi connectivity index (χ0n) is 8.01. The third kappa shape index (κ3) is 197. The summed E-state index contributed by atoms with van der Waals surface area (Å²) in [5.74, 6) is 0. The van der Waals surface area contributed by atoms with Crippen molar-refractivity contribution in [3.8, 4) is 0 Å². The molecule has 0 fully saturated rings. The van der Waals surface area contributed by atoms with Crippen LogP contribution in [0.5, 0.6) is 0 Å². The van der Waals surface area contributed by atoms with Crippen molar-refractivity contribution < 1.29 is 30.5 Å². The van der Waals surface area contributed by atoms with Crippen LogP contribution in [0.15, 0.2) is 0 Å². The Labute approximate surface area is 87.6 Å². The Bertz CT molecular complexity index is 187.